The molecule has 2 heterocycles. The molecule has 1 fully saturated rings. The Morgan fingerprint density at radius 2 is 2.06 bits per heavy atom. The van der Waals surface area contributed by atoms with E-state index in [9.17, 15) is 4.79 Å². The lowest BCUT2D eigenvalue weighted by atomic mass is 10.1. The van der Waals surface area contributed by atoms with Crippen LogP contribution in [0.15, 0.2) is 22.5 Å². The molecule has 2 N–H and O–H groups in total. The van der Waals surface area contributed by atoms with E-state index in [1.165, 1.54) is 5.00 Å². The van der Waals surface area contributed by atoms with E-state index in [1.54, 1.807) is 23.3 Å². The van der Waals surface area contributed by atoms with Gasteiger partial charge in [-0.05, 0) is 71.4 Å². The second-order valence-corrected chi connectivity index (χ2v) is 9.77. The first-order valence-corrected chi connectivity index (χ1v) is 11.9. The number of carbonyl (C=O) groups is 1. The monoisotopic (exact) mass is 565 g/mol. The van der Waals surface area contributed by atoms with Crippen molar-refractivity contribution in [2.45, 2.75) is 71.6 Å². The molecule has 31 heavy (non-hydrogen) atoms. The highest BCUT2D eigenvalue weighted by atomic mass is 127. The quantitative estimate of drug-likeness (QED) is 0.289. The molecule has 1 aliphatic rings. The summed E-state index contributed by atoms with van der Waals surface area (Å²) in [4.78, 5) is 21.1. The minimum absolute atomic E-state index is 0. The normalized spacial score (nSPS) is 16.3. The molecule has 1 amide bonds. The van der Waals surface area contributed by atoms with Crippen molar-refractivity contribution in [2.24, 2.45) is 4.99 Å². The van der Waals surface area contributed by atoms with Crippen molar-refractivity contribution in [3.8, 4) is 0 Å². The van der Waals surface area contributed by atoms with E-state index in [0.717, 1.165) is 44.9 Å². The number of guanidine groups is 1. The maximum atomic E-state index is 12.2. The van der Waals surface area contributed by atoms with Crippen molar-refractivity contribution in [3.63, 3.8) is 0 Å². The highest BCUT2D eigenvalue weighted by Gasteiger charge is 2.23. The van der Waals surface area contributed by atoms with Crippen LogP contribution >= 0.6 is 35.3 Å². The van der Waals surface area contributed by atoms with E-state index >= 15 is 0 Å². The molecule has 9 heteroatoms. The number of hydrogen-bond donors (Lipinski definition) is 2. The van der Waals surface area contributed by atoms with Gasteiger partial charge in [-0.1, -0.05) is 0 Å². The van der Waals surface area contributed by atoms with Crippen LogP contribution in [-0.2, 0) is 4.74 Å². The minimum atomic E-state index is -0.482. The smallest absolute Gasteiger partial charge is 0.410 e. The zero-order chi connectivity index (χ0) is 22.1. The highest BCUT2D eigenvalue weighted by molar-refractivity contribution is 14.0. The predicted octanol–water partition coefficient (Wildman–Crippen LogP) is 4.54. The van der Waals surface area contributed by atoms with Crippen LogP contribution in [0.2, 0.25) is 0 Å². The van der Waals surface area contributed by atoms with E-state index in [-0.39, 0.29) is 36.1 Å². The fourth-order valence-electron chi connectivity index (χ4n) is 3.28. The van der Waals surface area contributed by atoms with Crippen LogP contribution in [0.3, 0.4) is 0 Å². The molecule has 0 spiro atoms. The molecule has 0 aromatic carbocycles. The Balaban J connectivity index is 0.00000480. The standard InChI is InChI=1S/C22H39N5O2S.HI/c1-7-23-20(24-13-10-17(2)26(6)21(28)29-22(3,4)5)25-18-11-14-27(15-12-18)19-9-8-16-30-19;/h8-9,16-18H,7,10-15H2,1-6H3,(H2,23,24,25);1H. The van der Waals surface area contributed by atoms with E-state index < -0.39 is 5.60 Å². The van der Waals surface area contributed by atoms with Crippen LogP contribution in [0.5, 0.6) is 0 Å². The number of hydrogen-bond acceptors (Lipinski definition) is 5. The maximum Gasteiger partial charge on any atom is 0.410 e. The third-order valence-corrected chi connectivity index (χ3v) is 6.09. The molecule has 1 unspecified atom stereocenters. The van der Waals surface area contributed by atoms with Gasteiger partial charge in [0.2, 0.25) is 0 Å². The average Bonchev–Trinajstić information content (AvgIpc) is 3.21. The number of thiophene rings is 1. The predicted molar refractivity (Wildman–Crippen MR) is 142 cm³/mol. The lowest BCUT2D eigenvalue weighted by Crippen LogP contribution is -2.48. The SMILES string of the molecule is CCNC(=NCCC(C)N(C)C(=O)OC(C)(C)C)NC1CCN(c2cccs2)CC1.I. The van der Waals surface area contributed by atoms with Crippen molar-refractivity contribution < 1.29 is 9.53 Å². The largest absolute Gasteiger partial charge is 0.444 e. The van der Waals surface area contributed by atoms with E-state index in [2.05, 4.69) is 40.0 Å². The minimum Gasteiger partial charge on any atom is -0.444 e. The second kappa shape index (κ2) is 13.3. The number of rotatable bonds is 7. The molecule has 0 radical (unpaired) electrons. The Labute approximate surface area is 209 Å². The molecule has 7 nitrogen and oxygen atoms in total. The fourth-order valence-corrected chi connectivity index (χ4v) is 4.06. The van der Waals surface area contributed by atoms with Gasteiger partial charge in [-0.25, -0.2) is 4.79 Å². The average molecular weight is 566 g/mol. The van der Waals surface area contributed by atoms with Gasteiger partial charge in [0.15, 0.2) is 5.96 Å². The Bertz CT molecular complexity index is 670. The first kappa shape index (κ1) is 27.8. The first-order valence-electron chi connectivity index (χ1n) is 11.0. The molecule has 0 saturated carbocycles. The topological polar surface area (TPSA) is 69.2 Å². The van der Waals surface area contributed by atoms with Gasteiger partial charge in [0.25, 0.3) is 0 Å². The summed E-state index contributed by atoms with van der Waals surface area (Å²) in [6.45, 7) is 13.4. The summed E-state index contributed by atoms with van der Waals surface area (Å²) in [5, 5.41) is 10.4. The van der Waals surface area contributed by atoms with Crippen LogP contribution in [0.4, 0.5) is 9.80 Å². The summed E-state index contributed by atoms with van der Waals surface area (Å²) in [5.41, 5.74) is -0.482. The van der Waals surface area contributed by atoms with Gasteiger partial charge in [0, 0.05) is 45.3 Å². The maximum absolute atomic E-state index is 12.2. The van der Waals surface area contributed by atoms with E-state index in [0.29, 0.717) is 12.6 Å². The van der Waals surface area contributed by atoms with Gasteiger partial charge < -0.3 is 25.2 Å². The van der Waals surface area contributed by atoms with Gasteiger partial charge in [0.1, 0.15) is 5.60 Å². The van der Waals surface area contributed by atoms with Gasteiger partial charge in [0.05, 0.1) is 5.00 Å². The van der Waals surface area contributed by atoms with Crippen molar-refractivity contribution in [1.29, 1.82) is 0 Å². The van der Waals surface area contributed by atoms with Gasteiger partial charge in [-0.2, -0.15) is 0 Å². The number of halogens is 1. The molecular formula is C22H40IN5O2S. The number of amides is 1. The van der Waals surface area contributed by atoms with E-state index in [4.69, 9.17) is 9.73 Å². The van der Waals surface area contributed by atoms with Crippen LogP contribution in [0.25, 0.3) is 0 Å². The zero-order valence-electron chi connectivity index (χ0n) is 19.8. The number of aliphatic imine (C=N–C) groups is 1. The van der Waals surface area contributed by atoms with Crippen LogP contribution < -0.4 is 15.5 Å². The summed E-state index contributed by atoms with van der Waals surface area (Å²) in [6, 6.07) is 4.79. The summed E-state index contributed by atoms with van der Waals surface area (Å²) >= 11 is 1.81. The van der Waals surface area contributed by atoms with Gasteiger partial charge in [-0.15, -0.1) is 35.3 Å². The fraction of sp³-hybridized carbons (Fsp3) is 0.727. The number of ether oxygens (including phenoxy) is 1. The molecule has 2 rings (SSSR count). The molecule has 1 atom stereocenters. The first-order chi connectivity index (χ1) is 14.2. The summed E-state index contributed by atoms with van der Waals surface area (Å²) in [7, 11) is 1.79. The molecule has 1 aromatic heterocycles. The number of carbonyl (C=O) groups excluding carboxylic acids is 1. The number of nitrogens with zero attached hydrogens (tertiary/aromatic N) is 3. The van der Waals surface area contributed by atoms with Crippen molar-refractivity contribution in [3.05, 3.63) is 17.5 Å². The molecular weight excluding hydrogens is 525 g/mol. The second-order valence-electron chi connectivity index (χ2n) is 8.85. The third kappa shape index (κ3) is 9.84. The molecule has 0 aliphatic carbocycles. The molecule has 1 saturated heterocycles. The van der Waals surface area contributed by atoms with Crippen molar-refractivity contribution in [1.82, 2.24) is 15.5 Å². The summed E-state index contributed by atoms with van der Waals surface area (Å²) in [5.74, 6) is 0.860. The lowest BCUT2D eigenvalue weighted by molar-refractivity contribution is 0.0231. The van der Waals surface area contributed by atoms with Crippen molar-refractivity contribution >= 4 is 52.4 Å². The third-order valence-electron chi connectivity index (χ3n) is 5.16. The Morgan fingerprint density at radius 3 is 2.61 bits per heavy atom. The summed E-state index contributed by atoms with van der Waals surface area (Å²) in [6.07, 6.45) is 2.69. The van der Waals surface area contributed by atoms with Crippen LogP contribution in [-0.4, -0.2) is 67.9 Å². The van der Waals surface area contributed by atoms with E-state index in [1.807, 2.05) is 27.7 Å². The number of piperidine rings is 1. The van der Waals surface area contributed by atoms with Gasteiger partial charge >= 0.3 is 6.09 Å². The highest BCUT2D eigenvalue weighted by Crippen LogP contribution is 2.24. The zero-order valence-corrected chi connectivity index (χ0v) is 23.0. The molecule has 0 bridgehead atoms. The molecule has 1 aliphatic heterocycles. The van der Waals surface area contributed by atoms with Crippen LogP contribution in [0, 0.1) is 0 Å². The Morgan fingerprint density at radius 1 is 1.39 bits per heavy atom. The number of anilines is 1. The summed E-state index contributed by atoms with van der Waals surface area (Å²) < 4.78 is 5.45. The lowest BCUT2D eigenvalue weighted by Gasteiger charge is -2.33. The van der Waals surface area contributed by atoms with Crippen molar-refractivity contribution in [2.75, 3.05) is 38.1 Å². The molecule has 178 valence electrons. The van der Waals surface area contributed by atoms with Gasteiger partial charge in [-0.3, -0.25) is 4.99 Å². The molecule has 1 aromatic rings. The Hall–Kier alpha value is -1.23. The number of nitrogens with one attached hydrogen (secondary N) is 2. The Kier molecular flexibility index (Phi) is 12.0. The van der Waals surface area contributed by atoms with Crippen LogP contribution in [0.1, 0.15) is 53.9 Å².